The molecule has 2 N–H and O–H groups in total. The van der Waals surface area contributed by atoms with Gasteiger partial charge in [-0.1, -0.05) is 6.07 Å². The number of halogens is 2. The highest BCUT2D eigenvalue weighted by molar-refractivity contribution is 5.96. The third kappa shape index (κ3) is 6.18. The second-order valence-electron chi connectivity index (χ2n) is 5.41. The van der Waals surface area contributed by atoms with Crippen LogP contribution in [0.2, 0.25) is 0 Å². The van der Waals surface area contributed by atoms with Gasteiger partial charge in [-0.05, 0) is 31.5 Å². The van der Waals surface area contributed by atoms with E-state index < -0.39 is 0 Å². The van der Waals surface area contributed by atoms with Gasteiger partial charge in [-0.2, -0.15) is 0 Å². The van der Waals surface area contributed by atoms with E-state index in [2.05, 4.69) is 4.90 Å². The van der Waals surface area contributed by atoms with Crippen LogP contribution in [0, 0.1) is 6.92 Å². The Balaban J connectivity index is 0.00000242. The summed E-state index contributed by atoms with van der Waals surface area (Å²) in [5, 5.41) is 0. The maximum atomic E-state index is 12.6. The van der Waals surface area contributed by atoms with E-state index in [1.54, 1.807) is 6.07 Å². The number of hydrogen-bond donors (Lipinski definition) is 1. The molecular weight excluding hydrogens is 337 g/mol. The summed E-state index contributed by atoms with van der Waals surface area (Å²) >= 11 is 0. The van der Waals surface area contributed by atoms with Crippen molar-refractivity contribution < 1.29 is 9.53 Å². The number of carbonyl (C=O) groups is 1. The van der Waals surface area contributed by atoms with Gasteiger partial charge in [-0.3, -0.25) is 9.69 Å². The summed E-state index contributed by atoms with van der Waals surface area (Å²) in [5.41, 5.74) is 8.13. The Morgan fingerprint density at radius 3 is 2.48 bits per heavy atom. The van der Waals surface area contributed by atoms with Gasteiger partial charge >= 0.3 is 0 Å². The Morgan fingerprint density at radius 2 is 1.87 bits per heavy atom. The number of amides is 1. The zero-order chi connectivity index (χ0) is 15.2. The van der Waals surface area contributed by atoms with Crippen molar-refractivity contribution in [3.05, 3.63) is 29.3 Å². The molecule has 0 bridgehead atoms. The molecule has 1 saturated heterocycles. The molecule has 132 valence electrons. The maximum Gasteiger partial charge on any atom is 0.254 e. The first-order valence-corrected chi connectivity index (χ1v) is 7.57. The van der Waals surface area contributed by atoms with Crippen molar-refractivity contribution in [2.24, 2.45) is 0 Å². The predicted octanol–water partition coefficient (Wildman–Crippen LogP) is 2.22. The number of anilines is 1. The minimum atomic E-state index is 0. The van der Waals surface area contributed by atoms with Gasteiger partial charge in [0.05, 0.1) is 6.61 Å². The van der Waals surface area contributed by atoms with Gasteiger partial charge in [0.1, 0.15) is 0 Å². The van der Waals surface area contributed by atoms with Crippen LogP contribution in [0.15, 0.2) is 18.2 Å². The van der Waals surface area contributed by atoms with Crippen molar-refractivity contribution in [2.75, 3.05) is 51.7 Å². The highest BCUT2D eigenvalue weighted by Gasteiger charge is 2.22. The number of rotatable bonds is 5. The van der Waals surface area contributed by atoms with Crippen LogP contribution in [0.4, 0.5) is 5.69 Å². The van der Waals surface area contributed by atoms with Gasteiger partial charge in [-0.15, -0.1) is 24.8 Å². The van der Waals surface area contributed by atoms with Crippen molar-refractivity contribution in [3.8, 4) is 0 Å². The minimum Gasteiger partial charge on any atom is -0.399 e. The lowest BCUT2D eigenvalue weighted by Crippen LogP contribution is -2.49. The first-order valence-electron chi connectivity index (χ1n) is 7.57. The fourth-order valence-corrected chi connectivity index (χ4v) is 2.55. The molecule has 1 fully saturated rings. The Labute approximate surface area is 151 Å². The first kappa shape index (κ1) is 22.0. The smallest absolute Gasteiger partial charge is 0.254 e. The van der Waals surface area contributed by atoms with Crippen molar-refractivity contribution in [2.45, 2.75) is 13.8 Å². The zero-order valence-corrected chi connectivity index (χ0v) is 15.4. The molecule has 23 heavy (non-hydrogen) atoms. The number of nitrogens with zero attached hydrogens (tertiary/aromatic N) is 2. The number of hydrogen-bond acceptors (Lipinski definition) is 4. The van der Waals surface area contributed by atoms with Gasteiger partial charge in [-0.25, -0.2) is 0 Å². The highest BCUT2D eigenvalue weighted by atomic mass is 35.5. The van der Waals surface area contributed by atoms with Gasteiger partial charge < -0.3 is 15.4 Å². The summed E-state index contributed by atoms with van der Waals surface area (Å²) in [7, 11) is 0. The molecule has 7 heteroatoms. The number of nitrogens with two attached hydrogens (primary N) is 1. The Morgan fingerprint density at radius 1 is 1.22 bits per heavy atom. The van der Waals surface area contributed by atoms with Crippen LogP contribution in [-0.2, 0) is 4.74 Å². The summed E-state index contributed by atoms with van der Waals surface area (Å²) in [6.45, 7) is 9.74. The molecule has 1 aromatic carbocycles. The lowest BCUT2D eigenvalue weighted by molar-refractivity contribution is 0.0564. The topological polar surface area (TPSA) is 58.8 Å². The Hall–Kier alpha value is -1.01. The number of benzene rings is 1. The molecule has 0 atom stereocenters. The third-order valence-corrected chi connectivity index (χ3v) is 3.91. The highest BCUT2D eigenvalue weighted by Crippen LogP contribution is 2.16. The number of carbonyl (C=O) groups excluding carboxylic acids is 1. The lowest BCUT2D eigenvalue weighted by Gasteiger charge is -2.35. The standard InChI is InChI=1S/C16H25N3O2.2ClH/c1-3-21-11-10-18-6-8-19(9-7-18)16(20)15-12-14(17)5-4-13(15)2;;/h4-5,12H,3,6-11,17H2,1-2H3;2*1H. The molecule has 0 aliphatic carbocycles. The summed E-state index contributed by atoms with van der Waals surface area (Å²) in [4.78, 5) is 16.8. The molecule has 5 nitrogen and oxygen atoms in total. The zero-order valence-electron chi connectivity index (χ0n) is 13.8. The van der Waals surface area contributed by atoms with Crippen LogP contribution >= 0.6 is 24.8 Å². The second kappa shape index (κ2) is 10.7. The van der Waals surface area contributed by atoms with E-state index in [1.165, 1.54) is 0 Å². The first-order chi connectivity index (χ1) is 10.1. The van der Waals surface area contributed by atoms with E-state index in [0.29, 0.717) is 5.69 Å². The van der Waals surface area contributed by atoms with Crippen LogP contribution < -0.4 is 5.73 Å². The third-order valence-electron chi connectivity index (χ3n) is 3.91. The molecule has 1 aliphatic rings. The van der Waals surface area contributed by atoms with E-state index in [9.17, 15) is 4.79 Å². The van der Waals surface area contributed by atoms with E-state index >= 15 is 0 Å². The number of piperazine rings is 1. The molecule has 0 aromatic heterocycles. The van der Waals surface area contributed by atoms with Crippen molar-refractivity contribution >= 4 is 36.4 Å². The monoisotopic (exact) mass is 363 g/mol. The Kier molecular flexibility index (Phi) is 10.2. The summed E-state index contributed by atoms with van der Waals surface area (Å²) < 4.78 is 5.37. The fourth-order valence-electron chi connectivity index (χ4n) is 2.55. The molecule has 0 saturated carbocycles. The number of ether oxygens (including phenoxy) is 1. The van der Waals surface area contributed by atoms with Crippen LogP contribution in [-0.4, -0.2) is 61.6 Å². The SMILES string of the molecule is CCOCCN1CCN(C(=O)c2cc(N)ccc2C)CC1.Cl.Cl. The lowest BCUT2D eigenvalue weighted by atomic mass is 10.1. The average Bonchev–Trinajstić information content (AvgIpc) is 2.50. The van der Waals surface area contributed by atoms with Crippen LogP contribution in [0.1, 0.15) is 22.8 Å². The van der Waals surface area contributed by atoms with Crippen LogP contribution in [0.3, 0.4) is 0 Å². The molecule has 0 unspecified atom stereocenters. The van der Waals surface area contributed by atoms with Gasteiger partial charge in [0.25, 0.3) is 5.91 Å². The number of nitrogen functional groups attached to an aromatic ring is 1. The minimum absolute atomic E-state index is 0. The van der Waals surface area contributed by atoms with Crippen molar-refractivity contribution in [3.63, 3.8) is 0 Å². The summed E-state index contributed by atoms with van der Waals surface area (Å²) in [5.74, 6) is 0.0873. The second-order valence-corrected chi connectivity index (χ2v) is 5.41. The number of aryl methyl sites for hydroxylation is 1. The molecule has 1 aromatic rings. The average molecular weight is 364 g/mol. The maximum absolute atomic E-state index is 12.6. The molecular formula is C16H27Cl2N3O2. The molecule has 1 heterocycles. The van der Waals surface area contributed by atoms with E-state index in [1.807, 2.05) is 30.9 Å². The predicted molar refractivity (Wildman–Crippen MR) is 98.9 cm³/mol. The van der Waals surface area contributed by atoms with E-state index in [0.717, 1.165) is 57.1 Å². The summed E-state index contributed by atoms with van der Waals surface area (Å²) in [6, 6.07) is 5.51. The summed E-state index contributed by atoms with van der Waals surface area (Å²) in [6.07, 6.45) is 0. The van der Waals surface area contributed by atoms with Crippen LogP contribution in [0.5, 0.6) is 0 Å². The Bertz CT molecular complexity index is 492. The largest absolute Gasteiger partial charge is 0.399 e. The van der Waals surface area contributed by atoms with Crippen LogP contribution in [0.25, 0.3) is 0 Å². The van der Waals surface area contributed by atoms with E-state index in [-0.39, 0.29) is 30.7 Å². The molecule has 2 rings (SSSR count). The quantitative estimate of drug-likeness (QED) is 0.643. The van der Waals surface area contributed by atoms with Gasteiger partial charge in [0.15, 0.2) is 0 Å². The normalized spacial score (nSPS) is 14.8. The fraction of sp³-hybridized carbons (Fsp3) is 0.562. The van der Waals surface area contributed by atoms with Gasteiger partial charge in [0, 0.05) is 50.6 Å². The van der Waals surface area contributed by atoms with Crippen molar-refractivity contribution in [1.29, 1.82) is 0 Å². The van der Waals surface area contributed by atoms with Crippen molar-refractivity contribution in [1.82, 2.24) is 9.80 Å². The molecule has 1 amide bonds. The molecule has 0 spiro atoms. The van der Waals surface area contributed by atoms with Gasteiger partial charge in [0.2, 0.25) is 0 Å². The molecule has 0 radical (unpaired) electrons. The molecule has 1 aliphatic heterocycles. The van der Waals surface area contributed by atoms with E-state index in [4.69, 9.17) is 10.5 Å².